The lowest BCUT2D eigenvalue weighted by atomic mass is 10.0. The predicted molar refractivity (Wildman–Crippen MR) is 79.2 cm³/mol. The van der Waals surface area contributed by atoms with Gasteiger partial charge in [-0.1, -0.05) is 11.6 Å². The molecule has 1 aliphatic carbocycles. The fraction of sp³-hybridized carbons (Fsp3) is 0.562. The molecular weight excluding hydrogens is 255 g/mol. The summed E-state index contributed by atoms with van der Waals surface area (Å²) in [6.45, 7) is 6.64. The minimum absolute atomic E-state index is 0.0662. The van der Waals surface area contributed by atoms with Gasteiger partial charge in [0.25, 0.3) is 5.91 Å². The first-order valence-corrected chi connectivity index (χ1v) is 7.14. The third kappa shape index (κ3) is 3.79. The van der Waals surface area contributed by atoms with Crippen LogP contribution in [0.4, 0.5) is 4.39 Å². The number of alkyl halides is 1. The standard InChI is InChI=1S/C16H23FN2O/c1-13-5-6-14(12-16(2,17)11-13)15(20)19-8-4-7-18(3)9-10-19/h5-6,11-12H,4,7-10H2,1-3H3. The molecule has 1 amide bonds. The number of carbonyl (C=O) groups is 1. The van der Waals surface area contributed by atoms with E-state index in [2.05, 4.69) is 11.9 Å². The van der Waals surface area contributed by atoms with Crippen LogP contribution in [0.25, 0.3) is 0 Å². The van der Waals surface area contributed by atoms with Crippen molar-refractivity contribution < 1.29 is 9.18 Å². The number of nitrogens with zero attached hydrogens (tertiary/aromatic N) is 2. The van der Waals surface area contributed by atoms with Crippen molar-refractivity contribution in [3.8, 4) is 0 Å². The molecular formula is C16H23FN2O. The highest BCUT2D eigenvalue weighted by Gasteiger charge is 2.25. The van der Waals surface area contributed by atoms with Crippen LogP contribution in [0.5, 0.6) is 0 Å². The summed E-state index contributed by atoms with van der Waals surface area (Å²) in [5.74, 6) is -0.0662. The van der Waals surface area contributed by atoms with Crippen LogP contribution >= 0.6 is 0 Å². The Labute approximate surface area is 120 Å². The molecule has 0 saturated carbocycles. The molecule has 0 spiro atoms. The summed E-state index contributed by atoms with van der Waals surface area (Å²) >= 11 is 0. The minimum Gasteiger partial charge on any atom is -0.337 e. The highest BCUT2D eigenvalue weighted by atomic mass is 19.1. The highest BCUT2D eigenvalue weighted by molar-refractivity contribution is 5.96. The van der Waals surface area contributed by atoms with E-state index in [4.69, 9.17) is 0 Å². The van der Waals surface area contributed by atoms with Crippen LogP contribution < -0.4 is 0 Å². The molecule has 1 fully saturated rings. The maximum atomic E-state index is 14.3. The molecule has 3 nitrogen and oxygen atoms in total. The van der Waals surface area contributed by atoms with Gasteiger partial charge in [0.15, 0.2) is 0 Å². The van der Waals surface area contributed by atoms with E-state index >= 15 is 0 Å². The fourth-order valence-corrected chi connectivity index (χ4v) is 2.67. The zero-order chi connectivity index (χ0) is 14.8. The Kier molecular flexibility index (Phi) is 4.43. The Morgan fingerprint density at radius 1 is 1.20 bits per heavy atom. The SMILES string of the molecule is CC1=CC(C)(F)C=C(C(=O)N2CCCN(C)CC2)C=C1. The predicted octanol–water partition coefficient (Wildman–Crippen LogP) is 2.32. The molecule has 110 valence electrons. The van der Waals surface area contributed by atoms with Crippen molar-refractivity contribution in [3.63, 3.8) is 0 Å². The molecule has 1 aliphatic heterocycles. The van der Waals surface area contributed by atoms with Crippen LogP contribution in [0.1, 0.15) is 20.3 Å². The maximum absolute atomic E-state index is 14.3. The van der Waals surface area contributed by atoms with Crippen LogP contribution in [-0.4, -0.2) is 54.6 Å². The Bertz CT molecular complexity index is 477. The normalized spacial score (nSPS) is 28.5. The van der Waals surface area contributed by atoms with Gasteiger partial charge in [-0.2, -0.15) is 0 Å². The second kappa shape index (κ2) is 5.92. The molecule has 1 atom stereocenters. The van der Waals surface area contributed by atoms with Gasteiger partial charge in [-0.15, -0.1) is 0 Å². The average molecular weight is 278 g/mol. The zero-order valence-electron chi connectivity index (χ0n) is 12.5. The molecule has 0 aromatic rings. The van der Waals surface area contributed by atoms with Crippen molar-refractivity contribution in [3.05, 3.63) is 35.5 Å². The molecule has 1 heterocycles. The van der Waals surface area contributed by atoms with E-state index in [1.54, 1.807) is 18.2 Å². The summed E-state index contributed by atoms with van der Waals surface area (Å²) in [5, 5.41) is 0. The number of rotatable bonds is 1. The Morgan fingerprint density at radius 2 is 1.95 bits per heavy atom. The van der Waals surface area contributed by atoms with Crippen molar-refractivity contribution >= 4 is 5.91 Å². The van der Waals surface area contributed by atoms with Gasteiger partial charge in [-0.05, 0) is 52.1 Å². The Morgan fingerprint density at radius 3 is 2.70 bits per heavy atom. The van der Waals surface area contributed by atoms with E-state index in [-0.39, 0.29) is 5.91 Å². The molecule has 0 N–H and O–H groups in total. The zero-order valence-corrected chi connectivity index (χ0v) is 12.5. The molecule has 0 radical (unpaired) electrons. The smallest absolute Gasteiger partial charge is 0.253 e. The number of amides is 1. The van der Waals surface area contributed by atoms with Gasteiger partial charge in [0, 0.05) is 25.2 Å². The lowest BCUT2D eigenvalue weighted by Gasteiger charge is -2.22. The van der Waals surface area contributed by atoms with Crippen LogP contribution in [0, 0.1) is 0 Å². The van der Waals surface area contributed by atoms with Crippen LogP contribution in [0.15, 0.2) is 35.5 Å². The fourth-order valence-electron chi connectivity index (χ4n) is 2.67. The van der Waals surface area contributed by atoms with E-state index in [1.807, 2.05) is 11.8 Å². The summed E-state index contributed by atoms with van der Waals surface area (Å²) in [5.41, 5.74) is -0.279. The molecule has 2 rings (SSSR count). The Hall–Kier alpha value is -1.42. The quantitative estimate of drug-likeness (QED) is 0.735. The van der Waals surface area contributed by atoms with Crippen LogP contribution in [-0.2, 0) is 4.79 Å². The monoisotopic (exact) mass is 278 g/mol. The van der Waals surface area contributed by atoms with Gasteiger partial charge in [0.2, 0.25) is 0 Å². The highest BCUT2D eigenvalue weighted by Crippen LogP contribution is 2.24. The van der Waals surface area contributed by atoms with E-state index < -0.39 is 5.67 Å². The van der Waals surface area contributed by atoms with E-state index in [0.717, 1.165) is 31.6 Å². The first kappa shape index (κ1) is 15.0. The second-order valence-corrected chi connectivity index (χ2v) is 5.92. The molecule has 0 bridgehead atoms. The molecule has 20 heavy (non-hydrogen) atoms. The molecule has 0 aromatic carbocycles. The van der Waals surface area contributed by atoms with E-state index in [1.165, 1.54) is 13.0 Å². The first-order valence-electron chi connectivity index (χ1n) is 7.14. The van der Waals surface area contributed by atoms with Gasteiger partial charge in [0.05, 0.1) is 0 Å². The molecule has 1 unspecified atom stereocenters. The largest absolute Gasteiger partial charge is 0.337 e. The maximum Gasteiger partial charge on any atom is 0.253 e. The summed E-state index contributed by atoms with van der Waals surface area (Å²) < 4.78 is 14.3. The van der Waals surface area contributed by atoms with Crippen molar-refractivity contribution in [1.82, 2.24) is 9.80 Å². The van der Waals surface area contributed by atoms with E-state index in [9.17, 15) is 9.18 Å². The minimum atomic E-state index is -1.57. The van der Waals surface area contributed by atoms with Gasteiger partial charge in [-0.25, -0.2) is 4.39 Å². The third-order valence-corrected chi connectivity index (χ3v) is 3.73. The third-order valence-electron chi connectivity index (χ3n) is 3.73. The molecule has 1 saturated heterocycles. The van der Waals surface area contributed by atoms with Gasteiger partial charge < -0.3 is 9.80 Å². The van der Waals surface area contributed by atoms with Crippen molar-refractivity contribution in [1.29, 1.82) is 0 Å². The van der Waals surface area contributed by atoms with Crippen LogP contribution in [0.3, 0.4) is 0 Å². The number of carbonyl (C=O) groups excluding carboxylic acids is 1. The number of halogens is 1. The lowest BCUT2D eigenvalue weighted by Crippen LogP contribution is -2.35. The second-order valence-electron chi connectivity index (χ2n) is 5.92. The van der Waals surface area contributed by atoms with Crippen molar-refractivity contribution in [2.45, 2.75) is 25.9 Å². The molecule has 0 aromatic heterocycles. The van der Waals surface area contributed by atoms with Crippen LogP contribution in [0.2, 0.25) is 0 Å². The Balaban J connectivity index is 2.16. The van der Waals surface area contributed by atoms with Gasteiger partial charge >= 0.3 is 0 Å². The summed E-state index contributed by atoms with van der Waals surface area (Å²) in [6.07, 6.45) is 7.46. The lowest BCUT2D eigenvalue weighted by molar-refractivity contribution is -0.126. The molecule has 2 aliphatic rings. The average Bonchev–Trinajstić information content (AvgIpc) is 2.64. The number of hydrogen-bond acceptors (Lipinski definition) is 2. The number of hydrogen-bond donors (Lipinski definition) is 0. The van der Waals surface area contributed by atoms with Gasteiger partial charge in [-0.3, -0.25) is 4.79 Å². The van der Waals surface area contributed by atoms with Crippen molar-refractivity contribution in [2.24, 2.45) is 0 Å². The van der Waals surface area contributed by atoms with E-state index in [0.29, 0.717) is 12.1 Å². The summed E-state index contributed by atoms with van der Waals surface area (Å²) in [7, 11) is 2.06. The van der Waals surface area contributed by atoms with Gasteiger partial charge in [0.1, 0.15) is 5.67 Å². The molecule has 4 heteroatoms. The topological polar surface area (TPSA) is 23.6 Å². The number of allylic oxidation sites excluding steroid dienone is 4. The summed E-state index contributed by atoms with van der Waals surface area (Å²) in [4.78, 5) is 16.6. The number of likely N-dealkylation sites (N-methyl/N-ethyl adjacent to an activating group) is 1. The summed E-state index contributed by atoms with van der Waals surface area (Å²) in [6, 6.07) is 0. The van der Waals surface area contributed by atoms with Crippen molar-refractivity contribution in [2.75, 3.05) is 33.2 Å². The first-order chi connectivity index (χ1) is 9.37.